The lowest BCUT2D eigenvalue weighted by Gasteiger charge is -2.24. The molecular weight excluding hydrogens is 302 g/mol. The van der Waals surface area contributed by atoms with Crippen LogP contribution in [0.1, 0.15) is 38.3 Å². The van der Waals surface area contributed by atoms with Crippen LogP contribution in [0.4, 0.5) is 0 Å². The van der Waals surface area contributed by atoms with Gasteiger partial charge in [0.05, 0.1) is 10.6 Å². The standard InChI is InChI=1S/C13H19BrClNO/c1-13(2,17-3)7-6-12(16)9-4-5-11(15)10(14)8-9/h4-5,8,12H,6-7,16H2,1-3H3. The van der Waals surface area contributed by atoms with E-state index in [2.05, 4.69) is 29.8 Å². The Morgan fingerprint density at radius 3 is 2.65 bits per heavy atom. The molecule has 0 aliphatic carbocycles. The summed E-state index contributed by atoms with van der Waals surface area (Å²) in [5, 5.41) is 0.707. The highest BCUT2D eigenvalue weighted by molar-refractivity contribution is 9.10. The minimum absolute atomic E-state index is 0.0120. The molecule has 0 heterocycles. The Bertz CT molecular complexity index is 382. The zero-order valence-corrected chi connectivity index (χ0v) is 12.8. The van der Waals surface area contributed by atoms with Crippen LogP contribution in [0.5, 0.6) is 0 Å². The fraction of sp³-hybridized carbons (Fsp3) is 0.538. The molecule has 1 atom stereocenters. The molecule has 1 aromatic rings. The van der Waals surface area contributed by atoms with E-state index >= 15 is 0 Å². The van der Waals surface area contributed by atoms with Gasteiger partial charge in [-0.3, -0.25) is 0 Å². The van der Waals surface area contributed by atoms with Gasteiger partial charge in [0.1, 0.15) is 0 Å². The van der Waals surface area contributed by atoms with E-state index in [0.29, 0.717) is 5.02 Å². The molecule has 2 nitrogen and oxygen atoms in total. The Balaban J connectivity index is 2.64. The summed E-state index contributed by atoms with van der Waals surface area (Å²) in [6.45, 7) is 4.13. The second-order valence-corrected chi connectivity index (χ2v) is 6.04. The molecule has 1 aromatic carbocycles. The molecule has 0 aromatic heterocycles. The predicted molar refractivity (Wildman–Crippen MR) is 76.4 cm³/mol. The van der Waals surface area contributed by atoms with Gasteiger partial charge in [0.15, 0.2) is 0 Å². The second-order valence-electron chi connectivity index (χ2n) is 4.78. The average Bonchev–Trinajstić information content (AvgIpc) is 2.30. The van der Waals surface area contributed by atoms with E-state index in [-0.39, 0.29) is 11.6 Å². The van der Waals surface area contributed by atoms with Gasteiger partial charge in [-0.2, -0.15) is 0 Å². The molecule has 96 valence electrons. The Morgan fingerprint density at radius 2 is 2.12 bits per heavy atom. The van der Waals surface area contributed by atoms with Crippen LogP contribution in [-0.4, -0.2) is 12.7 Å². The number of hydrogen-bond acceptors (Lipinski definition) is 2. The van der Waals surface area contributed by atoms with E-state index in [4.69, 9.17) is 22.1 Å². The second kappa shape index (κ2) is 6.19. The summed E-state index contributed by atoms with van der Waals surface area (Å²) in [4.78, 5) is 0. The van der Waals surface area contributed by atoms with Gasteiger partial charge in [0, 0.05) is 17.6 Å². The van der Waals surface area contributed by atoms with E-state index in [1.165, 1.54) is 0 Å². The number of rotatable bonds is 5. The number of halogens is 2. The first-order chi connectivity index (χ1) is 7.85. The highest BCUT2D eigenvalue weighted by Gasteiger charge is 2.18. The maximum absolute atomic E-state index is 6.16. The van der Waals surface area contributed by atoms with Gasteiger partial charge < -0.3 is 10.5 Å². The predicted octanol–water partition coefficient (Wildman–Crippen LogP) is 4.31. The Hall–Kier alpha value is -0.0900. The van der Waals surface area contributed by atoms with Crippen LogP contribution in [0, 0.1) is 0 Å². The van der Waals surface area contributed by atoms with E-state index in [9.17, 15) is 0 Å². The minimum atomic E-state index is -0.124. The SMILES string of the molecule is COC(C)(C)CCC(N)c1ccc(Cl)c(Br)c1. The van der Waals surface area contributed by atoms with Crippen molar-refractivity contribution in [3.8, 4) is 0 Å². The molecule has 0 amide bonds. The molecular formula is C13H19BrClNO. The normalized spacial score (nSPS) is 13.8. The monoisotopic (exact) mass is 319 g/mol. The van der Waals surface area contributed by atoms with Crippen molar-refractivity contribution in [3.05, 3.63) is 33.3 Å². The molecule has 0 fully saturated rings. The van der Waals surface area contributed by atoms with Crippen LogP contribution in [-0.2, 0) is 4.74 Å². The van der Waals surface area contributed by atoms with Crippen LogP contribution in [0.3, 0.4) is 0 Å². The third kappa shape index (κ3) is 4.59. The molecule has 4 heteroatoms. The molecule has 1 rings (SSSR count). The van der Waals surface area contributed by atoms with Crippen LogP contribution in [0.15, 0.2) is 22.7 Å². The Morgan fingerprint density at radius 1 is 1.47 bits per heavy atom. The Kier molecular flexibility index (Phi) is 5.45. The Labute approximate surface area is 117 Å². The van der Waals surface area contributed by atoms with Gasteiger partial charge in [-0.25, -0.2) is 0 Å². The van der Waals surface area contributed by atoms with Crippen molar-refractivity contribution in [2.24, 2.45) is 5.73 Å². The van der Waals surface area contributed by atoms with Crippen molar-refractivity contribution in [2.75, 3.05) is 7.11 Å². The van der Waals surface area contributed by atoms with Gasteiger partial charge in [-0.1, -0.05) is 17.7 Å². The van der Waals surface area contributed by atoms with Crippen molar-refractivity contribution < 1.29 is 4.74 Å². The summed E-state index contributed by atoms with van der Waals surface area (Å²) < 4.78 is 6.27. The van der Waals surface area contributed by atoms with Gasteiger partial charge in [-0.15, -0.1) is 0 Å². The third-order valence-electron chi connectivity index (χ3n) is 2.98. The molecule has 0 radical (unpaired) electrons. The van der Waals surface area contributed by atoms with Crippen molar-refractivity contribution in [2.45, 2.75) is 38.3 Å². The minimum Gasteiger partial charge on any atom is -0.379 e. The molecule has 0 bridgehead atoms. The molecule has 0 spiro atoms. The van der Waals surface area contributed by atoms with Gasteiger partial charge in [0.25, 0.3) is 0 Å². The first-order valence-corrected chi connectivity index (χ1v) is 6.78. The zero-order chi connectivity index (χ0) is 13.1. The molecule has 2 N–H and O–H groups in total. The fourth-order valence-electron chi connectivity index (χ4n) is 1.51. The highest BCUT2D eigenvalue weighted by atomic mass is 79.9. The van der Waals surface area contributed by atoms with Gasteiger partial charge >= 0.3 is 0 Å². The first-order valence-electron chi connectivity index (χ1n) is 5.61. The number of benzene rings is 1. The largest absolute Gasteiger partial charge is 0.379 e. The maximum Gasteiger partial charge on any atom is 0.0623 e. The van der Waals surface area contributed by atoms with E-state index in [0.717, 1.165) is 22.9 Å². The van der Waals surface area contributed by atoms with Crippen LogP contribution >= 0.6 is 27.5 Å². The summed E-state index contributed by atoms with van der Waals surface area (Å²) in [7, 11) is 1.73. The summed E-state index contributed by atoms with van der Waals surface area (Å²) in [5.41, 5.74) is 7.12. The van der Waals surface area contributed by atoms with Crippen LogP contribution in [0.25, 0.3) is 0 Å². The molecule has 1 unspecified atom stereocenters. The van der Waals surface area contributed by atoms with Crippen molar-refractivity contribution in [1.29, 1.82) is 0 Å². The average molecular weight is 321 g/mol. The van der Waals surface area contributed by atoms with E-state index in [1.54, 1.807) is 7.11 Å². The summed E-state index contributed by atoms with van der Waals surface area (Å²) in [6, 6.07) is 5.82. The topological polar surface area (TPSA) is 35.2 Å². The molecule has 0 saturated carbocycles. The van der Waals surface area contributed by atoms with Crippen LogP contribution < -0.4 is 5.73 Å². The van der Waals surface area contributed by atoms with Gasteiger partial charge in [-0.05, 0) is 60.3 Å². The lowest BCUT2D eigenvalue weighted by Crippen LogP contribution is -2.24. The van der Waals surface area contributed by atoms with E-state index in [1.807, 2.05) is 18.2 Å². The lowest BCUT2D eigenvalue weighted by atomic mass is 9.95. The number of methoxy groups -OCH3 is 1. The first kappa shape index (κ1) is 15.0. The number of nitrogens with two attached hydrogens (primary N) is 1. The zero-order valence-electron chi connectivity index (χ0n) is 10.5. The number of ether oxygens (including phenoxy) is 1. The summed E-state index contributed by atoms with van der Waals surface area (Å²) in [6.07, 6.45) is 1.81. The van der Waals surface area contributed by atoms with Crippen molar-refractivity contribution >= 4 is 27.5 Å². The number of hydrogen-bond donors (Lipinski definition) is 1. The smallest absolute Gasteiger partial charge is 0.0623 e. The van der Waals surface area contributed by atoms with Crippen LogP contribution in [0.2, 0.25) is 5.02 Å². The fourth-order valence-corrected chi connectivity index (χ4v) is 2.03. The summed E-state index contributed by atoms with van der Waals surface area (Å²) in [5.74, 6) is 0. The summed E-state index contributed by atoms with van der Waals surface area (Å²) >= 11 is 9.36. The molecule has 17 heavy (non-hydrogen) atoms. The lowest BCUT2D eigenvalue weighted by molar-refractivity contribution is 0.0125. The maximum atomic E-state index is 6.16. The van der Waals surface area contributed by atoms with Crippen molar-refractivity contribution in [3.63, 3.8) is 0 Å². The van der Waals surface area contributed by atoms with E-state index < -0.39 is 0 Å². The molecule has 0 saturated heterocycles. The third-order valence-corrected chi connectivity index (χ3v) is 4.20. The van der Waals surface area contributed by atoms with Gasteiger partial charge in [0.2, 0.25) is 0 Å². The molecule has 0 aliphatic heterocycles. The molecule has 0 aliphatic rings. The van der Waals surface area contributed by atoms with Crippen molar-refractivity contribution in [1.82, 2.24) is 0 Å². The highest BCUT2D eigenvalue weighted by Crippen LogP contribution is 2.28. The quantitative estimate of drug-likeness (QED) is 0.877.